The minimum absolute atomic E-state index is 0.103. The van der Waals surface area contributed by atoms with E-state index in [1.807, 2.05) is 58.0 Å². The molecule has 0 radical (unpaired) electrons. The smallest absolute Gasteiger partial charge is 0.320 e. The van der Waals surface area contributed by atoms with E-state index >= 15 is 0 Å². The molecule has 1 aromatic carbocycles. The van der Waals surface area contributed by atoms with Crippen LogP contribution in [-0.4, -0.2) is 23.0 Å². The second kappa shape index (κ2) is 6.62. The van der Waals surface area contributed by atoms with Crippen molar-refractivity contribution in [2.24, 2.45) is 0 Å². The van der Waals surface area contributed by atoms with E-state index in [-0.39, 0.29) is 11.6 Å². The van der Waals surface area contributed by atoms with Crippen LogP contribution in [0.15, 0.2) is 30.5 Å². The zero-order valence-corrected chi connectivity index (χ0v) is 12.7. The topological polar surface area (TPSA) is 32.3 Å². The highest BCUT2D eigenvalue weighted by molar-refractivity contribution is 6.30. The van der Waals surface area contributed by atoms with Crippen LogP contribution >= 0.6 is 11.6 Å². The van der Waals surface area contributed by atoms with Crippen molar-refractivity contribution in [3.63, 3.8) is 0 Å². The molecule has 0 fully saturated rings. The van der Waals surface area contributed by atoms with E-state index in [0.717, 1.165) is 5.56 Å². The van der Waals surface area contributed by atoms with Crippen LogP contribution in [0.5, 0.6) is 0 Å². The number of carbonyl (C=O) groups is 1. The first-order valence-corrected chi connectivity index (χ1v) is 6.72. The van der Waals surface area contributed by atoms with Gasteiger partial charge in [0.15, 0.2) is 0 Å². The Labute approximate surface area is 120 Å². The number of benzene rings is 1. The lowest BCUT2D eigenvalue weighted by atomic mass is 10.1. The van der Waals surface area contributed by atoms with Gasteiger partial charge in [0.05, 0.1) is 0 Å². The van der Waals surface area contributed by atoms with Crippen LogP contribution in [-0.2, 0) is 0 Å². The van der Waals surface area contributed by atoms with Gasteiger partial charge in [-0.15, -0.1) is 0 Å². The van der Waals surface area contributed by atoms with E-state index in [4.69, 9.17) is 11.6 Å². The highest BCUT2D eigenvalue weighted by Gasteiger charge is 2.23. The van der Waals surface area contributed by atoms with Crippen molar-refractivity contribution in [2.45, 2.75) is 33.2 Å². The molecule has 0 aliphatic carbocycles. The van der Waals surface area contributed by atoms with Crippen LogP contribution < -0.4 is 5.32 Å². The average Bonchev–Trinajstić information content (AvgIpc) is 2.28. The third-order valence-electron chi connectivity index (χ3n) is 2.70. The predicted octanol–water partition coefficient (Wildman–Crippen LogP) is 4.14. The Hall–Kier alpha value is -1.48. The van der Waals surface area contributed by atoms with E-state index in [1.54, 1.807) is 11.1 Å². The monoisotopic (exact) mass is 280 g/mol. The van der Waals surface area contributed by atoms with Gasteiger partial charge in [-0.1, -0.05) is 23.7 Å². The third kappa shape index (κ3) is 4.95. The van der Waals surface area contributed by atoms with E-state index in [9.17, 15) is 4.79 Å². The maximum absolute atomic E-state index is 12.0. The molecule has 1 rings (SSSR count). The Kier molecular flexibility index (Phi) is 5.43. The number of rotatable bonds is 3. The highest BCUT2D eigenvalue weighted by Crippen LogP contribution is 2.13. The molecule has 1 N–H and O–H groups in total. The van der Waals surface area contributed by atoms with Gasteiger partial charge in [-0.2, -0.15) is 0 Å². The SMILES string of the molecule is CCN(C(=O)N/C=C/c1cccc(Cl)c1)C(C)(C)C. The van der Waals surface area contributed by atoms with Crippen LogP contribution in [0.2, 0.25) is 5.02 Å². The van der Waals surface area contributed by atoms with Crippen LogP contribution in [0, 0.1) is 0 Å². The van der Waals surface area contributed by atoms with Gasteiger partial charge >= 0.3 is 6.03 Å². The second-order valence-electron chi connectivity index (χ2n) is 5.25. The third-order valence-corrected chi connectivity index (χ3v) is 2.94. The number of nitrogens with zero attached hydrogens (tertiary/aromatic N) is 1. The number of carbonyl (C=O) groups excluding carboxylic acids is 1. The first-order chi connectivity index (χ1) is 8.84. The van der Waals surface area contributed by atoms with Gasteiger partial charge in [0.2, 0.25) is 0 Å². The lowest BCUT2D eigenvalue weighted by Gasteiger charge is -2.34. The normalized spacial score (nSPS) is 11.6. The minimum atomic E-state index is -0.192. The van der Waals surface area contributed by atoms with Crippen LogP contribution in [0.4, 0.5) is 4.79 Å². The van der Waals surface area contributed by atoms with Crippen molar-refractivity contribution >= 4 is 23.7 Å². The Balaban J connectivity index is 2.63. The summed E-state index contributed by atoms with van der Waals surface area (Å²) in [6.07, 6.45) is 3.46. The Morgan fingerprint density at radius 2 is 2.11 bits per heavy atom. The summed E-state index contributed by atoms with van der Waals surface area (Å²) in [6.45, 7) is 8.66. The van der Waals surface area contributed by atoms with Crippen LogP contribution in [0.25, 0.3) is 6.08 Å². The summed E-state index contributed by atoms with van der Waals surface area (Å²) in [4.78, 5) is 13.8. The average molecular weight is 281 g/mol. The standard InChI is InChI=1S/C15H21ClN2O/c1-5-18(15(2,3)4)14(19)17-10-9-12-7-6-8-13(16)11-12/h6-11H,5H2,1-4H3,(H,17,19)/b10-9+. The van der Waals surface area contributed by atoms with E-state index < -0.39 is 0 Å². The zero-order valence-electron chi connectivity index (χ0n) is 11.9. The molecule has 4 heteroatoms. The lowest BCUT2D eigenvalue weighted by molar-refractivity contribution is 0.153. The van der Waals surface area contributed by atoms with Gasteiger partial charge in [0.1, 0.15) is 0 Å². The molecule has 0 heterocycles. The van der Waals surface area contributed by atoms with Crippen molar-refractivity contribution in [3.05, 3.63) is 41.1 Å². The molecule has 0 saturated heterocycles. The summed E-state index contributed by atoms with van der Waals surface area (Å²) in [5.74, 6) is 0. The molecule has 0 aliphatic heterocycles. The van der Waals surface area contributed by atoms with E-state index in [0.29, 0.717) is 11.6 Å². The highest BCUT2D eigenvalue weighted by atomic mass is 35.5. The quantitative estimate of drug-likeness (QED) is 0.887. The summed E-state index contributed by atoms with van der Waals surface area (Å²) in [5.41, 5.74) is 0.759. The maximum atomic E-state index is 12.0. The number of amides is 2. The van der Waals surface area contributed by atoms with Crippen molar-refractivity contribution in [3.8, 4) is 0 Å². The Morgan fingerprint density at radius 1 is 1.42 bits per heavy atom. The molecule has 1 aromatic rings. The fraction of sp³-hybridized carbons (Fsp3) is 0.400. The van der Waals surface area contributed by atoms with E-state index in [1.165, 1.54) is 0 Å². The van der Waals surface area contributed by atoms with Gasteiger partial charge in [0.25, 0.3) is 0 Å². The summed E-state index contributed by atoms with van der Waals surface area (Å²) >= 11 is 5.89. The molecular weight excluding hydrogens is 260 g/mol. The van der Waals surface area contributed by atoms with Gasteiger partial charge in [0, 0.05) is 23.3 Å². The van der Waals surface area contributed by atoms with Crippen molar-refractivity contribution < 1.29 is 4.79 Å². The zero-order chi connectivity index (χ0) is 14.5. The molecule has 3 nitrogen and oxygen atoms in total. The first-order valence-electron chi connectivity index (χ1n) is 6.35. The maximum Gasteiger partial charge on any atom is 0.321 e. The minimum Gasteiger partial charge on any atom is -0.320 e. The van der Waals surface area contributed by atoms with Gasteiger partial charge in [-0.25, -0.2) is 4.79 Å². The largest absolute Gasteiger partial charge is 0.321 e. The Morgan fingerprint density at radius 3 is 2.63 bits per heavy atom. The lowest BCUT2D eigenvalue weighted by Crippen LogP contribution is -2.48. The van der Waals surface area contributed by atoms with Gasteiger partial charge in [-0.05, 0) is 51.5 Å². The molecule has 0 bridgehead atoms. The molecule has 0 atom stereocenters. The number of nitrogens with one attached hydrogen (secondary N) is 1. The van der Waals surface area contributed by atoms with E-state index in [2.05, 4.69) is 5.32 Å². The molecule has 2 amide bonds. The second-order valence-corrected chi connectivity index (χ2v) is 5.69. The van der Waals surface area contributed by atoms with Crippen molar-refractivity contribution in [1.82, 2.24) is 10.2 Å². The van der Waals surface area contributed by atoms with Gasteiger partial charge < -0.3 is 10.2 Å². The molecule has 0 aliphatic rings. The number of urea groups is 1. The summed E-state index contributed by atoms with van der Waals surface area (Å²) in [7, 11) is 0. The fourth-order valence-corrected chi connectivity index (χ4v) is 2.02. The Bertz CT molecular complexity index is 463. The van der Waals surface area contributed by atoms with Crippen molar-refractivity contribution in [2.75, 3.05) is 6.54 Å². The molecule has 0 saturated carbocycles. The fourth-order valence-electron chi connectivity index (χ4n) is 1.82. The molecule has 0 unspecified atom stereocenters. The number of halogens is 1. The predicted molar refractivity (Wildman–Crippen MR) is 81.2 cm³/mol. The van der Waals surface area contributed by atoms with Crippen LogP contribution in [0.1, 0.15) is 33.3 Å². The molecule has 0 aromatic heterocycles. The van der Waals surface area contributed by atoms with Crippen molar-refractivity contribution in [1.29, 1.82) is 0 Å². The molecule has 104 valence electrons. The molecular formula is C15H21ClN2O. The summed E-state index contributed by atoms with van der Waals surface area (Å²) < 4.78 is 0. The van der Waals surface area contributed by atoms with Crippen LogP contribution in [0.3, 0.4) is 0 Å². The number of hydrogen-bond donors (Lipinski definition) is 1. The molecule has 0 spiro atoms. The molecule has 19 heavy (non-hydrogen) atoms. The summed E-state index contributed by atoms with van der Waals surface area (Å²) in [6, 6.07) is 7.35. The number of hydrogen-bond acceptors (Lipinski definition) is 1. The van der Waals surface area contributed by atoms with Gasteiger partial charge in [-0.3, -0.25) is 0 Å². The summed E-state index contributed by atoms with van der Waals surface area (Å²) in [5, 5.41) is 3.45. The first kappa shape index (κ1) is 15.6.